The van der Waals surface area contributed by atoms with E-state index in [1.807, 2.05) is 0 Å². The summed E-state index contributed by atoms with van der Waals surface area (Å²) in [5, 5.41) is 0. The van der Waals surface area contributed by atoms with Gasteiger partial charge >= 0.3 is 0 Å². The summed E-state index contributed by atoms with van der Waals surface area (Å²) < 4.78 is 0. The third-order valence-electron chi connectivity index (χ3n) is 2.96. The Morgan fingerprint density at radius 3 is 2.19 bits per heavy atom. The van der Waals surface area contributed by atoms with Crippen LogP contribution in [0.4, 0.5) is 0 Å². The number of hydrogen-bond acceptors (Lipinski definition) is 1. The molecule has 1 heterocycles. The van der Waals surface area contributed by atoms with Crippen LogP contribution >= 0.6 is 0 Å². The van der Waals surface area contributed by atoms with Crippen molar-refractivity contribution in [1.29, 1.82) is 0 Å². The van der Waals surface area contributed by atoms with Crippen LogP contribution in [0.3, 0.4) is 0 Å². The molecule has 0 bridgehead atoms. The first-order chi connectivity index (χ1) is 7.81. The first kappa shape index (κ1) is 13.2. The van der Waals surface area contributed by atoms with Gasteiger partial charge in [-0.15, -0.1) is 0 Å². The van der Waals surface area contributed by atoms with E-state index in [0.717, 1.165) is 6.42 Å². The predicted molar refractivity (Wildman–Crippen MR) is 70.8 cm³/mol. The lowest BCUT2D eigenvalue weighted by Crippen LogP contribution is -1.99. The number of hydrogen-bond donors (Lipinski definition) is 0. The van der Waals surface area contributed by atoms with Gasteiger partial charge in [0.2, 0.25) is 0 Å². The number of aryl methyl sites for hydroxylation is 3. The Balaban J connectivity index is 2.79. The second-order valence-corrected chi connectivity index (χ2v) is 4.55. The van der Waals surface area contributed by atoms with Gasteiger partial charge in [0.05, 0.1) is 0 Å². The normalized spacial score (nSPS) is 10.7. The fourth-order valence-electron chi connectivity index (χ4n) is 2.07. The Morgan fingerprint density at radius 1 is 0.875 bits per heavy atom. The maximum Gasteiger partial charge on any atom is 0.0406 e. The smallest absolute Gasteiger partial charge is 0.0406 e. The van der Waals surface area contributed by atoms with Crippen LogP contribution in [0.15, 0.2) is 12.3 Å². The van der Waals surface area contributed by atoms with Gasteiger partial charge in [0.25, 0.3) is 0 Å². The molecule has 0 aliphatic carbocycles. The summed E-state index contributed by atoms with van der Waals surface area (Å²) in [5.41, 5.74) is 4.28. The molecule has 1 aromatic rings. The number of pyridine rings is 1. The molecule has 0 aliphatic heterocycles. The van der Waals surface area contributed by atoms with Gasteiger partial charge in [-0.25, -0.2) is 0 Å². The number of nitrogens with zero attached hydrogens (tertiary/aromatic N) is 1. The van der Waals surface area contributed by atoms with Crippen molar-refractivity contribution in [2.45, 2.75) is 65.7 Å². The highest BCUT2D eigenvalue weighted by Crippen LogP contribution is 2.15. The summed E-state index contributed by atoms with van der Waals surface area (Å²) in [5.74, 6) is 0. The first-order valence-electron chi connectivity index (χ1n) is 6.78. The Labute approximate surface area is 100 Å². The van der Waals surface area contributed by atoms with Crippen molar-refractivity contribution >= 4 is 0 Å². The highest BCUT2D eigenvalue weighted by Gasteiger charge is 2.04. The molecule has 0 aromatic carbocycles. The lowest BCUT2D eigenvalue weighted by Gasteiger charge is -2.09. The molecule has 0 fully saturated rings. The summed E-state index contributed by atoms with van der Waals surface area (Å²) in [6.45, 7) is 6.72. The van der Waals surface area contributed by atoms with Gasteiger partial charge in [-0.1, -0.05) is 40.0 Å². The number of aromatic nitrogens is 1. The molecule has 1 nitrogen and oxygen atoms in total. The lowest BCUT2D eigenvalue weighted by atomic mass is 10.00. The van der Waals surface area contributed by atoms with Crippen LogP contribution in [0, 0.1) is 0 Å². The van der Waals surface area contributed by atoms with E-state index in [4.69, 9.17) is 0 Å². The highest BCUT2D eigenvalue weighted by molar-refractivity contribution is 5.27. The summed E-state index contributed by atoms with van der Waals surface area (Å²) in [6.07, 6.45) is 10.6. The van der Waals surface area contributed by atoms with Crippen LogP contribution in [-0.2, 0) is 19.3 Å². The van der Waals surface area contributed by atoms with Gasteiger partial charge in [0.15, 0.2) is 0 Å². The van der Waals surface area contributed by atoms with E-state index < -0.39 is 0 Å². The van der Waals surface area contributed by atoms with Crippen LogP contribution in [0.25, 0.3) is 0 Å². The third kappa shape index (κ3) is 3.96. The average Bonchev–Trinajstić information content (AvgIpc) is 2.30. The van der Waals surface area contributed by atoms with Crippen molar-refractivity contribution in [2.24, 2.45) is 0 Å². The molecule has 0 saturated carbocycles. The summed E-state index contributed by atoms with van der Waals surface area (Å²) in [7, 11) is 0. The van der Waals surface area contributed by atoms with Gasteiger partial charge in [0.1, 0.15) is 0 Å². The van der Waals surface area contributed by atoms with Gasteiger partial charge < -0.3 is 0 Å². The van der Waals surface area contributed by atoms with Crippen LogP contribution in [0.1, 0.15) is 63.3 Å². The fraction of sp³-hybridized carbons (Fsp3) is 0.667. The van der Waals surface area contributed by atoms with Crippen molar-refractivity contribution in [2.75, 3.05) is 0 Å². The molecule has 16 heavy (non-hydrogen) atoms. The maximum atomic E-state index is 4.58. The maximum absolute atomic E-state index is 4.58. The molecule has 0 saturated heterocycles. The van der Waals surface area contributed by atoms with E-state index >= 15 is 0 Å². The average molecular weight is 219 g/mol. The Kier molecular flexibility index (Phi) is 6.14. The fourth-order valence-corrected chi connectivity index (χ4v) is 2.07. The van der Waals surface area contributed by atoms with Crippen molar-refractivity contribution in [1.82, 2.24) is 4.98 Å². The molecule has 1 heteroatoms. The zero-order valence-corrected chi connectivity index (χ0v) is 11.1. The SMILES string of the molecule is CCCCc1cc(CCC)c(CCC)cn1. The Bertz CT molecular complexity index is 304. The molecular formula is C15H25N. The Hall–Kier alpha value is -0.850. The molecule has 1 aromatic heterocycles. The van der Waals surface area contributed by atoms with Gasteiger partial charge in [0, 0.05) is 11.9 Å². The van der Waals surface area contributed by atoms with Gasteiger partial charge in [-0.05, 0) is 42.9 Å². The predicted octanol–water partition coefficient (Wildman–Crippen LogP) is 4.33. The number of unbranched alkanes of at least 4 members (excludes halogenated alkanes) is 1. The minimum atomic E-state index is 1.14. The molecule has 0 aliphatic rings. The molecule has 0 N–H and O–H groups in total. The molecule has 0 spiro atoms. The quantitative estimate of drug-likeness (QED) is 0.665. The van der Waals surface area contributed by atoms with E-state index in [1.54, 1.807) is 0 Å². The first-order valence-corrected chi connectivity index (χ1v) is 6.78. The molecule has 0 atom stereocenters. The summed E-state index contributed by atoms with van der Waals surface area (Å²) >= 11 is 0. The van der Waals surface area contributed by atoms with E-state index in [-0.39, 0.29) is 0 Å². The van der Waals surface area contributed by atoms with Crippen LogP contribution < -0.4 is 0 Å². The molecule has 1 rings (SSSR count). The molecule has 0 radical (unpaired) electrons. The van der Waals surface area contributed by atoms with Crippen molar-refractivity contribution < 1.29 is 0 Å². The lowest BCUT2D eigenvalue weighted by molar-refractivity contribution is 0.767. The highest BCUT2D eigenvalue weighted by atomic mass is 14.7. The zero-order chi connectivity index (χ0) is 11.8. The van der Waals surface area contributed by atoms with Crippen molar-refractivity contribution in [3.8, 4) is 0 Å². The van der Waals surface area contributed by atoms with E-state index in [2.05, 4.69) is 38.0 Å². The minimum Gasteiger partial charge on any atom is -0.261 e. The summed E-state index contributed by atoms with van der Waals surface area (Å²) in [4.78, 5) is 4.58. The number of rotatable bonds is 7. The van der Waals surface area contributed by atoms with Gasteiger partial charge in [-0.3, -0.25) is 4.98 Å². The van der Waals surface area contributed by atoms with E-state index in [9.17, 15) is 0 Å². The van der Waals surface area contributed by atoms with E-state index in [1.165, 1.54) is 55.3 Å². The summed E-state index contributed by atoms with van der Waals surface area (Å²) in [6, 6.07) is 2.34. The third-order valence-corrected chi connectivity index (χ3v) is 2.96. The second kappa shape index (κ2) is 7.43. The molecule has 0 amide bonds. The topological polar surface area (TPSA) is 12.9 Å². The van der Waals surface area contributed by atoms with Crippen LogP contribution in [0.2, 0.25) is 0 Å². The molecule has 90 valence electrons. The zero-order valence-electron chi connectivity index (χ0n) is 11.1. The minimum absolute atomic E-state index is 1.14. The standard InChI is InChI=1S/C15H25N/c1-4-7-10-15-11-13(8-5-2)14(9-6-3)12-16-15/h11-12H,4-10H2,1-3H3. The van der Waals surface area contributed by atoms with Crippen molar-refractivity contribution in [3.05, 3.63) is 29.1 Å². The van der Waals surface area contributed by atoms with E-state index in [0.29, 0.717) is 0 Å². The van der Waals surface area contributed by atoms with Crippen molar-refractivity contribution in [3.63, 3.8) is 0 Å². The molecule has 0 unspecified atom stereocenters. The van der Waals surface area contributed by atoms with Crippen LogP contribution in [0.5, 0.6) is 0 Å². The monoisotopic (exact) mass is 219 g/mol. The Morgan fingerprint density at radius 2 is 1.56 bits per heavy atom. The van der Waals surface area contributed by atoms with Gasteiger partial charge in [-0.2, -0.15) is 0 Å². The van der Waals surface area contributed by atoms with Crippen LogP contribution in [-0.4, -0.2) is 4.98 Å². The largest absolute Gasteiger partial charge is 0.261 e. The second-order valence-electron chi connectivity index (χ2n) is 4.55. The molecular weight excluding hydrogens is 194 g/mol.